The normalized spacial score (nSPS) is 12.9. The van der Waals surface area contributed by atoms with Crippen molar-refractivity contribution in [1.29, 1.82) is 0 Å². The molecule has 2 nitrogen and oxygen atoms in total. The number of nitrogens with zero attached hydrogens (tertiary/aromatic N) is 2. The number of para-hydroxylation sites is 3. The Morgan fingerprint density at radius 1 is 0.299 bits per heavy atom. The maximum absolute atomic E-state index is 2.53. The number of benzene rings is 11. The van der Waals surface area contributed by atoms with Crippen LogP contribution in [0.3, 0.4) is 0 Å². The molecule has 0 aliphatic heterocycles. The molecule has 0 bridgehead atoms. The third kappa shape index (κ3) is 5.33. The van der Waals surface area contributed by atoms with Crippen molar-refractivity contribution in [3.05, 3.63) is 277 Å². The van der Waals surface area contributed by atoms with E-state index in [4.69, 9.17) is 0 Å². The standard InChI is InChI=1S/C65H42N2/c1-3-20-43(21-4-1)46-24-10-16-35-59(46)66(45-38-39-52-51-29-12-18-37-61(51)67(63(52)42-45)60-36-17-11-25-47(60)44-22-5-2-6-23-44)62-41-40-53-50-28-9-15-33-57(50)65(58-34-19-30-54(62)64(53)58)55-31-13-7-26-48(55)49-27-8-14-32-56(49)65/h1-42H. The van der Waals surface area contributed by atoms with Crippen LogP contribution in [0.1, 0.15) is 22.3 Å². The monoisotopic (exact) mass is 850 g/mol. The predicted octanol–water partition coefficient (Wildman–Crippen LogP) is 17.1. The number of aromatic nitrogens is 1. The van der Waals surface area contributed by atoms with Gasteiger partial charge in [-0.1, -0.05) is 218 Å². The van der Waals surface area contributed by atoms with Gasteiger partial charge in [-0.05, 0) is 97.4 Å². The first kappa shape index (κ1) is 37.6. The van der Waals surface area contributed by atoms with E-state index < -0.39 is 5.41 Å². The van der Waals surface area contributed by atoms with Crippen LogP contribution in [-0.4, -0.2) is 4.57 Å². The highest BCUT2D eigenvalue weighted by molar-refractivity contribution is 6.15. The lowest BCUT2D eigenvalue weighted by Gasteiger charge is -2.40. The van der Waals surface area contributed by atoms with Crippen LogP contribution in [-0.2, 0) is 5.41 Å². The van der Waals surface area contributed by atoms with Crippen LogP contribution in [0.4, 0.5) is 17.1 Å². The molecule has 0 N–H and O–H groups in total. The van der Waals surface area contributed by atoms with Crippen LogP contribution in [0.25, 0.3) is 82.8 Å². The molecule has 0 unspecified atom stereocenters. The van der Waals surface area contributed by atoms with Gasteiger partial charge < -0.3 is 9.47 Å². The minimum Gasteiger partial charge on any atom is -0.309 e. The second-order valence-corrected chi connectivity index (χ2v) is 17.9. The summed E-state index contributed by atoms with van der Waals surface area (Å²) >= 11 is 0. The lowest BCUT2D eigenvalue weighted by atomic mass is 9.61. The number of fused-ring (bicyclic) bond motifs is 12. The molecular weight excluding hydrogens is 809 g/mol. The van der Waals surface area contributed by atoms with Crippen molar-refractivity contribution in [1.82, 2.24) is 4.57 Å². The molecule has 1 heterocycles. The van der Waals surface area contributed by atoms with Gasteiger partial charge in [-0.25, -0.2) is 0 Å². The highest BCUT2D eigenvalue weighted by atomic mass is 15.1. The first-order chi connectivity index (χ1) is 33.3. The van der Waals surface area contributed by atoms with Crippen molar-refractivity contribution < 1.29 is 0 Å². The van der Waals surface area contributed by atoms with Gasteiger partial charge in [-0.3, -0.25) is 0 Å². The summed E-state index contributed by atoms with van der Waals surface area (Å²) in [6.07, 6.45) is 0. The molecule has 2 heteroatoms. The Morgan fingerprint density at radius 3 is 1.51 bits per heavy atom. The van der Waals surface area contributed by atoms with E-state index in [1.54, 1.807) is 0 Å². The lowest BCUT2D eigenvalue weighted by molar-refractivity contribution is 0.773. The summed E-state index contributed by atoms with van der Waals surface area (Å²) in [5.74, 6) is 0. The molecule has 67 heavy (non-hydrogen) atoms. The Morgan fingerprint density at radius 2 is 0.806 bits per heavy atom. The van der Waals surface area contributed by atoms with E-state index in [0.717, 1.165) is 28.3 Å². The fraction of sp³-hybridized carbons (Fsp3) is 0.0154. The van der Waals surface area contributed by atoms with E-state index in [9.17, 15) is 0 Å². The molecule has 0 atom stereocenters. The largest absolute Gasteiger partial charge is 0.309 e. The average Bonchev–Trinajstić information content (AvgIpc) is 3.89. The quantitative estimate of drug-likeness (QED) is 0.162. The van der Waals surface area contributed by atoms with Gasteiger partial charge in [0, 0.05) is 33.0 Å². The van der Waals surface area contributed by atoms with Crippen molar-refractivity contribution in [2.75, 3.05) is 4.90 Å². The zero-order valence-corrected chi connectivity index (χ0v) is 36.6. The van der Waals surface area contributed by atoms with Gasteiger partial charge in [-0.2, -0.15) is 0 Å². The fourth-order valence-corrected chi connectivity index (χ4v) is 12.0. The Kier molecular flexibility index (Phi) is 8.23. The van der Waals surface area contributed by atoms with Gasteiger partial charge in [0.2, 0.25) is 0 Å². The third-order valence-electron chi connectivity index (χ3n) is 14.6. The van der Waals surface area contributed by atoms with Gasteiger partial charge in [0.25, 0.3) is 0 Å². The molecule has 0 radical (unpaired) electrons. The Balaban J connectivity index is 1.09. The van der Waals surface area contributed by atoms with Gasteiger partial charge in [0.15, 0.2) is 0 Å². The topological polar surface area (TPSA) is 8.17 Å². The molecule has 2 aliphatic carbocycles. The maximum Gasteiger partial charge on any atom is 0.0725 e. The van der Waals surface area contributed by atoms with Crippen LogP contribution >= 0.6 is 0 Å². The smallest absolute Gasteiger partial charge is 0.0725 e. The molecule has 2 aliphatic rings. The van der Waals surface area contributed by atoms with Gasteiger partial charge in [-0.15, -0.1) is 0 Å². The molecule has 0 fully saturated rings. The summed E-state index contributed by atoms with van der Waals surface area (Å²) < 4.78 is 2.48. The van der Waals surface area contributed by atoms with E-state index in [2.05, 4.69) is 264 Å². The average molecular weight is 851 g/mol. The number of rotatable bonds is 6. The van der Waals surface area contributed by atoms with Crippen molar-refractivity contribution in [3.8, 4) is 50.2 Å². The van der Waals surface area contributed by atoms with Crippen molar-refractivity contribution >= 4 is 49.6 Å². The molecule has 0 saturated heterocycles. The SMILES string of the molecule is c1ccc(-c2ccccc2N(c2ccc3c4ccccc4n(-c4ccccc4-c4ccccc4)c3c2)c2ccc3c4c(cccc24)C2(c4ccccc4-c4ccccc42)c2ccccc2-3)cc1. The van der Waals surface area contributed by atoms with Crippen LogP contribution in [0.2, 0.25) is 0 Å². The number of anilines is 3. The second kappa shape index (κ2) is 14.7. The van der Waals surface area contributed by atoms with E-state index in [-0.39, 0.29) is 0 Å². The van der Waals surface area contributed by atoms with Crippen molar-refractivity contribution in [2.24, 2.45) is 0 Å². The van der Waals surface area contributed by atoms with Gasteiger partial charge in [0.05, 0.1) is 33.5 Å². The Bertz CT molecular complexity index is 3890. The van der Waals surface area contributed by atoms with Gasteiger partial charge >= 0.3 is 0 Å². The molecule has 1 spiro atoms. The summed E-state index contributed by atoms with van der Waals surface area (Å²) in [6.45, 7) is 0. The Labute approximate surface area is 389 Å². The summed E-state index contributed by atoms with van der Waals surface area (Å²) in [7, 11) is 0. The van der Waals surface area contributed by atoms with Crippen LogP contribution < -0.4 is 4.90 Å². The van der Waals surface area contributed by atoms with Crippen molar-refractivity contribution in [3.63, 3.8) is 0 Å². The highest BCUT2D eigenvalue weighted by Gasteiger charge is 2.50. The van der Waals surface area contributed by atoms with E-state index in [0.29, 0.717) is 0 Å². The first-order valence-corrected chi connectivity index (χ1v) is 23.3. The zero-order chi connectivity index (χ0) is 44.1. The van der Waals surface area contributed by atoms with Crippen LogP contribution in [0.15, 0.2) is 255 Å². The molecule has 1 aromatic heterocycles. The van der Waals surface area contributed by atoms with E-state index in [1.807, 2.05) is 0 Å². The third-order valence-corrected chi connectivity index (χ3v) is 14.6. The Hall–Kier alpha value is -8.72. The molecular formula is C65H42N2. The zero-order valence-electron chi connectivity index (χ0n) is 36.6. The molecule has 12 aromatic rings. The lowest BCUT2D eigenvalue weighted by Crippen LogP contribution is -2.31. The first-order valence-electron chi connectivity index (χ1n) is 23.3. The minimum absolute atomic E-state index is 0.492. The predicted molar refractivity (Wildman–Crippen MR) is 280 cm³/mol. The number of hydrogen-bond acceptors (Lipinski definition) is 1. The summed E-state index contributed by atoms with van der Waals surface area (Å²) in [6, 6.07) is 94.4. The molecule has 312 valence electrons. The van der Waals surface area contributed by atoms with E-state index >= 15 is 0 Å². The summed E-state index contributed by atoms with van der Waals surface area (Å²) in [5.41, 5.74) is 21.5. The summed E-state index contributed by atoms with van der Waals surface area (Å²) in [4.78, 5) is 2.53. The van der Waals surface area contributed by atoms with Gasteiger partial charge in [0.1, 0.15) is 0 Å². The molecule has 14 rings (SSSR count). The second-order valence-electron chi connectivity index (χ2n) is 17.9. The maximum atomic E-state index is 2.53. The molecule has 0 saturated carbocycles. The molecule has 0 amide bonds. The summed E-state index contributed by atoms with van der Waals surface area (Å²) in [5, 5.41) is 4.95. The highest BCUT2D eigenvalue weighted by Crippen LogP contribution is 2.62. The fourth-order valence-electron chi connectivity index (χ4n) is 12.0. The van der Waals surface area contributed by atoms with Crippen LogP contribution in [0.5, 0.6) is 0 Å². The van der Waals surface area contributed by atoms with Crippen LogP contribution in [0, 0.1) is 0 Å². The molecule has 11 aromatic carbocycles. The number of hydrogen-bond donors (Lipinski definition) is 0. The van der Waals surface area contributed by atoms with E-state index in [1.165, 1.54) is 93.8 Å². The van der Waals surface area contributed by atoms with Crippen molar-refractivity contribution in [2.45, 2.75) is 5.41 Å². The minimum atomic E-state index is -0.492.